The van der Waals surface area contributed by atoms with E-state index in [-0.39, 0.29) is 6.42 Å². The van der Waals surface area contributed by atoms with Crippen LogP contribution in [-0.4, -0.2) is 21.0 Å². The molecule has 0 radical (unpaired) electrons. The molecule has 4 nitrogen and oxygen atoms in total. The van der Waals surface area contributed by atoms with Gasteiger partial charge in [-0.2, -0.15) is 0 Å². The Morgan fingerprint density at radius 1 is 1.56 bits per heavy atom. The Labute approximate surface area is 117 Å². The van der Waals surface area contributed by atoms with Crippen molar-refractivity contribution in [2.45, 2.75) is 16.5 Å². The molecule has 0 aromatic carbocycles. The van der Waals surface area contributed by atoms with Gasteiger partial charge in [-0.25, -0.2) is 9.97 Å². The molecule has 7 heteroatoms. The van der Waals surface area contributed by atoms with Gasteiger partial charge in [0, 0.05) is 17.3 Å². The van der Waals surface area contributed by atoms with Gasteiger partial charge in [0.05, 0.1) is 12.1 Å². The third kappa shape index (κ3) is 3.97. The normalized spacial score (nSPS) is 10.5. The minimum Gasteiger partial charge on any atom is -0.481 e. The summed E-state index contributed by atoms with van der Waals surface area (Å²) in [6, 6.07) is 3.70. The summed E-state index contributed by atoms with van der Waals surface area (Å²) in [6.07, 6.45) is 1.63. The van der Waals surface area contributed by atoms with Gasteiger partial charge in [-0.05, 0) is 17.7 Å². The second kappa shape index (κ2) is 6.17. The van der Waals surface area contributed by atoms with Crippen LogP contribution in [0.5, 0.6) is 0 Å². The van der Waals surface area contributed by atoms with Crippen molar-refractivity contribution in [1.82, 2.24) is 9.97 Å². The van der Waals surface area contributed by atoms with Gasteiger partial charge in [0.1, 0.15) is 9.49 Å². The van der Waals surface area contributed by atoms with E-state index in [9.17, 15) is 4.79 Å². The lowest BCUT2D eigenvalue weighted by Crippen LogP contribution is -1.99. The van der Waals surface area contributed by atoms with Crippen LogP contribution in [0.3, 0.4) is 0 Å². The maximum absolute atomic E-state index is 10.5. The van der Waals surface area contributed by atoms with E-state index in [1.165, 1.54) is 11.3 Å². The molecular formula is C11H9ClN2O2S2. The summed E-state index contributed by atoms with van der Waals surface area (Å²) in [5.74, 6) is -0.125. The van der Waals surface area contributed by atoms with Gasteiger partial charge in [0.15, 0.2) is 0 Å². The van der Waals surface area contributed by atoms with Crippen molar-refractivity contribution in [3.05, 3.63) is 40.1 Å². The molecule has 0 saturated heterocycles. The number of aliphatic carboxylic acids is 1. The highest BCUT2D eigenvalue weighted by Crippen LogP contribution is 2.26. The Hall–Kier alpha value is -1.11. The SMILES string of the molecule is O=C(O)Cc1csc(SCc2ccnc(Cl)c2)n1. The molecule has 0 spiro atoms. The first kappa shape index (κ1) is 13.3. The van der Waals surface area contributed by atoms with E-state index in [1.807, 2.05) is 6.07 Å². The van der Waals surface area contributed by atoms with Crippen LogP contribution in [0.4, 0.5) is 0 Å². The molecule has 2 rings (SSSR count). The number of nitrogens with zero attached hydrogens (tertiary/aromatic N) is 2. The van der Waals surface area contributed by atoms with E-state index in [1.54, 1.807) is 29.4 Å². The standard InChI is InChI=1S/C11H9ClN2O2S2/c12-9-3-7(1-2-13-9)5-17-11-14-8(6-18-11)4-10(15)16/h1-3,6H,4-5H2,(H,15,16). The fourth-order valence-corrected chi connectivity index (χ4v) is 3.25. The number of rotatable bonds is 5. The molecule has 0 saturated carbocycles. The van der Waals surface area contributed by atoms with Gasteiger partial charge in [-0.3, -0.25) is 4.79 Å². The molecule has 0 aliphatic carbocycles. The van der Waals surface area contributed by atoms with E-state index in [0.717, 1.165) is 15.7 Å². The van der Waals surface area contributed by atoms with Crippen molar-refractivity contribution in [2.24, 2.45) is 0 Å². The van der Waals surface area contributed by atoms with Gasteiger partial charge < -0.3 is 5.11 Å². The number of thioether (sulfide) groups is 1. The molecule has 0 aliphatic rings. The number of carbonyl (C=O) groups is 1. The Bertz CT molecular complexity index is 559. The quantitative estimate of drug-likeness (QED) is 0.679. The lowest BCUT2D eigenvalue weighted by atomic mass is 10.3. The second-order valence-corrected chi connectivity index (χ2v) is 5.92. The van der Waals surface area contributed by atoms with Crippen LogP contribution in [0.15, 0.2) is 28.0 Å². The fraction of sp³-hybridized carbons (Fsp3) is 0.182. The molecule has 18 heavy (non-hydrogen) atoms. The monoisotopic (exact) mass is 300 g/mol. The van der Waals surface area contributed by atoms with E-state index >= 15 is 0 Å². The molecule has 2 aromatic heterocycles. The fourth-order valence-electron chi connectivity index (χ4n) is 1.27. The molecule has 0 aliphatic heterocycles. The van der Waals surface area contributed by atoms with Crippen LogP contribution in [0, 0.1) is 0 Å². The van der Waals surface area contributed by atoms with E-state index in [2.05, 4.69) is 9.97 Å². The number of thiazole rings is 1. The van der Waals surface area contributed by atoms with Gasteiger partial charge in [-0.1, -0.05) is 23.4 Å². The summed E-state index contributed by atoms with van der Waals surface area (Å²) in [4.78, 5) is 18.7. The number of aromatic nitrogens is 2. The summed E-state index contributed by atoms with van der Waals surface area (Å²) < 4.78 is 0.860. The molecule has 1 N–H and O–H groups in total. The van der Waals surface area contributed by atoms with E-state index in [4.69, 9.17) is 16.7 Å². The first-order valence-electron chi connectivity index (χ1n) is 5.03. The van der Waals surface area contributed by atoms with Crippen LogP contribution in [0.1, 0.15) is 11.3 Å². The van der Waals surface area contributed by atoms with Crippen molar-refractivity contribution in [2.75, 3.05) is 0 Å². The zero-order chi connectivity index (χ0) is 13.0. The Morgan fingerprint density at radius 2 is 2.39 bits per heavy atom. The summed E-state index contributed by atoms with van der Waals surface area (Å²) in [5.41, 5.74) is 1.66. The molecule has 0 unspecified atom stereocenters. The average Bonchev–Trinajstić information content (AvgIpc) is 2.73. The Kier molecular flexibility index (Phi) is 4.57. The van der Waals surface area contributed by atoms with Crippen molar-refractivity contribution in [3.63, 3.8) is 0 Å². The summed E-state index contributed by atoms with van der Waals surface area (Å²) in [7, 11) is 0. The summed E-state index contributed by atoms with van der Waals surface area (Å²) >= 11 is 8.80. The van der Waals surface area contributed by atoms with Crippen LogP contribution in [0.25, 0.3) is 0 Å². The van der Waals surface area contributed by atoms with E-state index in [0.29, 0.717) is 10.8 Å². The maximum Gasteiger partial charge on any atom is 0.309 e. The van der Waals surface area contributed by atoms with Crippen LogP contribution < -0.4 is 0 Å². The smallest absolute Gasteiger partial charge is 0.309 e. The average molecular weight is 301 g/mol. The second-order valence-electron chi connectivity index (χ2n) is 3.45. The number of pyridine rings is 1. The zero-order valence-electron chi connectivity index (χ0n) is 9.17. The Balaban J connectivity index is 1.94. The lowest BCUT2D eigenvalue weighted by molar-refractivity contribution is -0.136. The van der Waals surface area contributed by atoms with Gasteiger partial charge in [0.2, 0.25) is 0 Å². The topological polar surface area (TPSA) is 63.1 Å². The minimum absolute atomic E-state index is 0.0296. The molecule has 94 valence electrons. The molecule has 0 fully saturated rings. The summed E-state index contributed by atoms with van der Waals surface area (Å²) in [5, 5.41) is 10.9. The van der Waals surface area contributed by atoms with Crippen LogP contribution in [0.2, 0.25) is 5.15 Å². The first-order valence-corrected chi connectivity index (χ1v) is 7.27. The molecule has 2 aromatic rings. The summed E-state index contributed by atoms with van der Waals surface area (Å²) in [6.45, 7) is 0. The highest BCUT2D eigenvalue weighted by Gasteiger charge is 2.07. The lowest BCUT2D eigenvalue weighted by Gasteiger charge is -1.98. The highest BCUT2D eigenvalue weighted by molar-refractivity contribution is 8.00. The van der Waals surface area contributed by atoms with Crippen LogP contribution >= 0.6 is 34.7 Å². The predicted molar refractivity (Wildman–Crippen MR) is 72.3 cm³/mol. The van der Waals surface area contributed by atoms with Crippen molar-refractivity contribution in [3.8, 4) is 0 Å². The number of carboxylic acids is 1. The molecular weight excluding hydrogens is 292 g/mol. The van der Waals surface area contributed by atoms with Gasteiger partial charge >= 0.3 is 5.97 Å². The zero-order valence-corrected chi connectivity index (χ0v) is 11.6. The Morgan fingerprint density at radius 3 is 3.11 bits per heavy atom. The van der Waals surface area contributed by atoms with Gasteiger partial charge in [-0.15, -0.1) is 11.3 Å². The third-order valence-electron chi connectivity index (χ3n) is 2.02. The van der Waals surface area contributed by atoms with Crippen molar-refractivity contribution >= 4 is 40.7 Å². The van der Waals surface area contributed by atoms with Crippen LogP contribution in [-0.2, 0) is 17.0 Å². The third-order valence-corrected chi connectivity index (χ3v) is 4.36. The maximum atomic E-state index is 10.5. The molecule has 0 amide bonds. The number of halogens is 1. The first-order chi connectivity index (χ1) is 8.63. The van der Waals surface area contributed by atoms with Crippen molar-refractivity contribution < 1.29 is 9.90 Å². The predicted octanol–water partition coefficient (Wildman–Crippen LogP) is 3.11. The number of hydrogen-bond donors (Lipinski definition) is 1. The van der Waals surface area contributed by atoms with E-state index < -0.39 is 5.97 Å². The minimum atomic E-state index is -0.863. The molecule has 0 bridgehead atoms. The molecule has 0 atom stereocenters. The van der Waals surface area contributed by atoms with Gasteiger partial charge in [0.25, 0.3) is 0 Å². The number of hydrogen-bond acceptors (Lipinski definition) is 5. The molecule has 2 heterocycles. The largest absolute Gasteiger partial charge is 0.481 e. The number of carboxylic acid groups (broad SMARTS) is 1. The highest BCUT2D eigenvalue weighted by atomic mass is 35.5. The van der Waals surface area contributed by atoms with Crippen molar-refractivity contribution in [1.29, 1.82) is 0 Å².